The van der Waals surface area contributed by atoms with E-state index in [1.807, 2.05) is 6.26 Å². The Kier molecular flexibility index (Phi) is 3.57. The predicted octanol–water partition coefficient (Wildman–Crippen LogP) is 2.03. The Labute approximate surface area is 80.4 Å². The first-order chi connectivity index (χ1) is 6.22. The SMILES string of the molecule is CSCc1cc(NC(=O)O)ccn1. The maximum atomic E-state index is 10.3. The van der Waals surface area contributed by atoms with Gasteiger partial charge in [-0.1, -0.05) is 0 Å². The van der Waals surface area contributed by atoms with E-state index in [0.717, 1.165) is 11.4 Å². The van der Waals surface area contributed by atoms with Gasteiger partial charge < -0.3 is 5.11 Å². The van der Waals surface area contributed by atoms with Crippen LogP contribution in [-0.4, -0.2) is 22.4 Å². The standard InChI is InChI=1S/C8H10N2O2S/c1-13-5-7-4-6(2-3-9-7)10-8(11)12/h2-4H,5H2,1H3,(H,9,10)(H,11,12). The normalized spacial score (nSPS) is 9.62. The van der Waals surface area contributed by atoms with Crippen LogP contribution in [0.4, 0.5) is 10.5 Å². The minimum absolute atomic E-state index is 0.562. The van der Waals surface area contributed by atoms with E-state index in [4.69, 9.17) is 5.11 Å². The molecule has 0 aliphatic rings. The van der Waals surface area contributed by atoms with Crippen molar-refractivity contribution in [3.8, 4) is 0 Å². The monoisotopic (exact) mass is 198 g/mol. The Balaban J connectivity index is 2.73. The van der Waals surface area contributed by atoms with E-state index in [0.29, 0.717) is 5.69 Å². The lowest BCUT2D eigenvalue weighted by atomic mass is 10.3. The molecule has 0 atom stereocenters. The van der Waals surface area contributed by atoms with Crippen LogP contribution in [0.3, 0.4) is 0 Å². The van der Waals surface area contributed by atoms with Crippen molar-refractivity contribution in [2.75, 3.05) is 11.6 Å². The summed E-state index contributed by atoms with van der Waals surface area (Å²) in [6.07, 6.45) is 2.51. The Morgan fingerprint density at radius 3 is 3.15 bits per heavy atom. The van der Waals surface area contributed by atoms with Crippen LogP contribution in [0.5, 0.6) is 0 Å². The van der Waals surface area contributed by atoms with Crippen molar-refractivity contribution in [1.82, 2.24) is 4.98 Å². The third-order valence-electron chi connectivity index (χ3n) is 1.36. The molecule has 0 unspecified atom stereocenters. The number of aromatic nitrogens is 1. The number of thioether (sulfide) groups is 1. The molecule has 1 rings (SSSR count). The number of carboxylic acid groups (broad SMARTS) is 1. The lowest BCUT2D eigenvalue weighted by Gasteiger charge is -2.02. The Morgan fingerprint density at radius 2 is 2.54 bits per heavy atom. The molecule has 0 fully saturated rings. The van der Waals surface area contributed by atoms with Gasteiger partial charge in [0.05, 0.1) is 5.69 Å². The molecule has 0 saturated carbocycles. The first-order valence-corrected chi connectivity index (χ1v) is 5.05. The molecule has 1 amide bonds. The molecule has 0 radical (unpaired) electrons. The van der Waals surface area contributed by atoms with Gasteiger partial charge in [0, 0.05) is 17.6 Å². The quantitative estimate of drug-likeness (QED) is 0.780. The van der Waals surface area contributed by atoms with Crippen LogP contribution in [0.2, 0.25) is 0 Å². The molecule has 0 spiro atoms. The average Bonchev–Trinajstić information content (AvgIpc) is 2.04. The van der Waals surface area contributed by atoms with Crippen LogP contribution >= 0.6 is 11.8 Å². The minimum atomic E-state index is -1.05. The smallest absolute Gasteiger partial charge is 0.409 e. The van der Waals surface area contributed by atoms with E-state index in [-0.39, 0.29) is 0 Å². The van der Waals surface area contributed by atoms with Gasteiger partial charge in [0.2, 0.25) is 0 Å². The van der Waals surface area contributed by atoms with Gasteiger partial charge >= 0.3 is 6.09 Å². The highest BCUT2D eigenvalue weighted by atomic mass is 32.2. The lowest BCUT2D eigenvalue weighted by Crippen LogP contribution is -2.07. The fourth-order valence-electron chi connectivity index (χ4n) is 0.906. The van der Waals surface area contributed by atoms with Crippen molar-refractivity contribution in [2.45, 2.75) is 5.75 Å². The zero-order valence-corrected chi connectivity index (χ0v) is 7.97. The van der Waals surface area contributed by atoms with E-state index in [1.54, 1.807) is 30.1 Å². The van der Waals surface area contributed by atoms with Crippen molar-refractivity contribution >= 4 is 23.5 Å². The molecule has 5 heteroatoms. The first-order valence-electron chi connectivity index (χ1n) is 3.66. The van der Waals surface area contributed by atoms with Gasteiger partial charge in [-0.2, -0.15) is 11.8 Å². The second kappa shape index (κ2) is 4.71. The third-order valence-corrected chi connectivity index (χ3v) is 1.94. The fourth-order valence-corrected chi connectivity index (χ4v) is 1.36. The summed E-state index contributed by atoms with van der Waals surface area (Å²) in [7, 11) is 0. The number of hydrogen-bond donors (Lipinski definition) is 2. The molecular formula is C8H10N2O2S. The first kappa shape index (κ1) is 9.85. The van der Waals surface area contributed by atoms with Crippen LogP contribution in [0.25, 0.3) is 0 Å². The van der Waals surface area contributed by atoms with Gasteiger partial charge in [-0.15, -0.1) is 0 Å². The number of pyridine rings is 1. The average molecular weight is 198 g/mol. The molecule has 1 aromatic rings. The molecular weight excluding hydrogens is 188 g/mol. The molecule has 0 saturated heterocycles. The second-order valence-corrected chi connectivity index (χ2v) is 3.27. The molecule has 1 aromatic heterocycles. The fraction of sp³-hybridized carbons (Fsp3) is 0.250. The maximum absolute atomic E-state index is 10.3. The molecule has 0 aliphatic carbocycles. The van der Waals surface area contributed by atoms with Crippen LogP contribution in [0.1, 0.15) is 5.69 Å². The number of hydrogen-bond acceptors (Lipinski definition) is 3. The van der Waals surface area contributed by atoms with E-state index >= 15 is 0 Å². The highest BCUT2D eigenvalue weighted by Gasteiger charge is 1.99. The molecule has 0 aliphatic heterocycles. The Morgan fingerprint density at radius 1 is 1.77 bits per heavy atom. The predicted molar refractivity (Wildman–Crippen MR) is 53.1 cm³/mol. The third kappa shape index (κ3) is 3.33. The highest BCUT2D eigenvalue weighted by Crippen LogP contribution is 2.11. The van der Waals surface area contributed by atoms with Gasteiger partial charge in [-0.25, -0.2) is 4.79 Å². The van der Waals surface area contributed by atoms with Crippen molar-refractivity contribution in [1.29, 1.82) is 0 Å². The largest absolute Gasteiger partial charge is 0.465 e. The summed E-state index contributed by atoms with van der Waals surface area (Å²) in [4.78, 5) is 14.4. The van der Waals surface area contributed by atoms with Crippen LogP contribution in [0, 0.1) is 0 Å². The number of nitrogens with zero attached hydrogens (tertiary/aromatic N) is 1. The lowest BCUT2D eigenvalue weighted by molar-refractivity contribution is 0.210. The zero-order valence-electron chi connectivity index (χ0n) is 7.15. The summed E-state index contributed by atoms with van der Waals surface area (Å²) in [6, 6.07) is 3.35. The van der Waals surface area contributed by atoms with Crippen molar-refractivity contribution in [2.24, 2.45) is 0 Å². The zero-order chi connectivity index (χ0) is 9.68. The molecule has 70 valence electrons. The van der Waals surface area contributed by atoms with E-state index < -0.39 is 6.09 Å². The second-order valence-electron chi connectivity index (χ2n) is 2.40. The van der Waals surface area contributed by atoms with Gasteiger partial charge in [0.1, 0.15) is 0 Å². The molecule has 13 heavy (non-hydrogen) atoms. The van der Waals surface area contributed by atoms with Crippen LogP contribution in [0.15, 0.2) is 18.3 Å². The van der Waals surface area contributed by atoms with Gasteiger partial charge in [-0.05, 0) is 18.4 Å². The Bertz CT molecular complexity index is 304. The minimum Gasteiger partial charge on any atom is -0.465 e. The van der Waals surface area contributed by atoms with Crippen molar-refractivity contribution < 1.29 is 9.90 Å². The van der Waals surface area contributed by atoms with E-state index in [9.17, 15) is 4.79 Å². The summed E-state index contributed by atoms with van der Waals surface area (Å²) in [5.41, 5.74) is 1.44. The molecule has 0 bridgehead atoms. The molecule has 1 heterocycles. The van der Waals surface area contributed by atoms with Gasteiger partial charge in [0.15, 0.2) is 0 Å². The topological polar surface area (TPSA) is 62.2 Å². The summed E-state index contributed by atoms with van der Waals surface area (Å²) in [5.74, 6) is 0.787. The highest BCUT2D eigenvalue weighted by molar-refractivity contribution is 7.97. The number of rotatable bonds is 3. The Hall–Kier alpha value is -1.23. The number of anilines is 1. The summed E-state index contributed by atoms with van der Waals surface area (Å²) in [5, 5.41) is 10.7. The summed E-state index contributed by atoms with van der Waals surface area (Å²) < 4.78 is 0. The number of carbonyl (C=O) groups is 1. The van der Waals surface area contributed by atoms with E-state index in [2.05, 4.69) is 10.3 Å². The van der Waals surface area contributed by atoms with Gasteiger partial charge in [-0.3, -0.25) is 10.3 Å². The van der Waals surface area contributed by atoms with Crippen LogP contribution < -0.4 is 5.32 Å². The van der Waals surface area contributed by atoms with E-state index in [1.165, 1.54) is 0 Å². The maximum Gasteiger partial charge on any atom is 0.409 e. The van der Waals surface area contributed by atoms with Gasteiger partial charge in [0.25, 0.3) is 0 Å². The van der Waals surface area contributed by atoms with Crippen LogP contribution in [-0.2, 0) is 5.75 Å². The number of amides is 1. The van der Waals surface area contributed by atoms with Crippen molar-refractivity contribution in [3.63, 3.8) is 0 Å². The summed E-state index contributed by atoms with van der Waals surface area (Å²) in [6.45, 7) is 0. The summed E-state index contributed by atoms with van der Waals surface area (Å²) >= 11 is 1.64. The molecule has 0 aromatic carbocycles. The van der Waals surface area contributed by atoms with Crippen molar-refractivity contribution in [3.05, 3.63) is 24.0 Å². The number of nitrogens with one attached hydrogen (secondary N) is 1. The molecule has 2 N–H and O–H groups in total. The molecule has 4 nitrogen and oxygen atoms in total.